The van der Waals surface area contributed by atoms with Gasteiger partial charge in [-0.05, 0) is 6.92 Å². The number of nitrogens with zero attached hydrogens (tertiary/aromatic N) is 1. The minimum absolute atomic E-state index is 0.355. The zero-order valence-corrected chi connectivity index (χ0v) is 7.05. The first-order valence-electron chi connectivity index (χ1n) is 4.04. The minimum Gasteiger partial charge on any atom is -0.379 e. The maximum absolute atomic E-state index is 5.21. The second kappa shape index (κ2) is 4.49. The van der Waals surface area contributed by atoms with Crippen LogP contribution in [0.5, 0.6) is 0 Å². The van der Waals surface area contributed by atoms with Gasteiger partial charge in [-0.1, -0.05) is 6.08 Å². The summed E-state index contributed by atoms with van der Waals surface area (Å²) >= 11 is 0. The van der Waals surface area contributed by atoms with E-state index in [0.29, 0.717) is 6.04 Å². The molecular weight excluding hydrogens is 140 g/mol. The predicted octanol–water partition coefficient (Wildman–Crippen LogP) is 0.398. The van der Waals surface area contributed by atoms with Gasteiger partial charge in [0.15, 0.2) is 0 Å². The molecule has 0 bridgehead atoms. The van der Waals surface area contributed by atoms with Crippen molar-refractivity contribution in [3.63, 3.8) is 0 Å². The van der Waals surface area contributed by atoms with Crippen LogP contribution in [0.2, 0.25) is 0 Å². The third-order valence-electron chi connectivity index (χ3n) is 1.75. The topological polar surface area (TPSA) is 24.5 Å². The van der Waals surface area contributed by atoms with Gasteiger partial charge < -0.3 is 4.74 Å². The molecule has 11 heavy (non-hydrogen) atoms. The van der Waals surface area contributed by atoms with E-state index in [1.54, 1.807) is 0 Å². The van der Waals surface area contributed by atoms with Crippen LogP contribution in [-0.4, -0.2) is 37.4 Å². The van der Waals surface area contributed by atoms with Crippen LogP contribution in [0.1, 0.15) is 6.92 Å². The number of hydrazine groups is 1. The summed E-state index contributed by atoms with van der Waals surface area (Å²) in [6.45, 7) is 9.39. The number of nitrogens with one attached hydrogen (secondary N) is 1. The lowest BCUT2D eigenvalue weighted by Crippen LogP contribution is -2.48. The first-order valence-corrected chi connectivity index (χ1v) is 4.04. The minimum atomic E-state index is 0.355. The van der Waals surface area contributed by atoms with Crippen LogP contribution in [0.15, 0.2) is 12.7 Å². The number of ether oxygens (including phenoxy) is 1. The highest BCUT2D eigenvalue weighted by Crippen LogP contribution is 1.94. The van der Waals surface area contributed by atoms with E-state index in [1.165, 1.54) is 0 Å². The largest absolute Gasteiger partial charge is 0.379 e. The summed E-state index contributed by atoms with van der Waals surface area (Å²) in [5.41, 5.74) is 3.30. The molecule has 0 radical (unpaired) electrons. The van der Waals surface area contributed by atoms with E-state index in [0.717, 1.165) is 26.3 Å². The van der Waals surface area contributed by atoms with E-state index in [-0.39, 0.29) is 0 Å². The van der Waals surface area contributed by atoms with Gasteiger partial charge in [0.1, 0.15) is 0 Å². The van der Waals surface area contributed by atoms with E-state index < -0.39 is 0 Å². The predicted molar refractivity (Wildman–Crippen MR) is 45.2 cm³/mol. The molecule has 1 aliphatic heterocycles. The Hall–Kier alpha value is -0.380. The zero-order chi connectivity index (χ0) is 8.10. The second-order valence-electron chi connectivity index (χ2n) is 2.75. The van der Waals surface area contributed by atoms with Crippen LogP contribution in [0.4, 0.5) is 0 Å². The number of rotatable bonds is 3. The fourth-order valence-corrected chi connectivity index (χ4v) is 1.03. The molecule has 3 heteroatoms. The van der Waals surface area contributed by atoms with Gasteiger partial charge in [0.25, 0.3) is 0 Å². The van der Waals surface area contributed by atoms with Gasteiger partial charge in [-0.25, -0.2) is 10.4 Å². The molecule has 0 aromatic carbocycles. The zero-order valence-electron chi connectivity index (χ0n) is 7.05. The van der Waals surface area contributed by atoms with Crippen molar-refractivity contribution >= 4 is 0 Å². The van der Waals surface area contributed by atoms with Gasteiger partial charge in [0, 0.05) is 19.1 Å². The molecule has 1 heterocycles. The maximum atomic E-state index is 5.21. The number of hydrogen-bond donors (Lipinski definition) is 1. The number of morpholine rings is 1. The van der Waals surface area contributed by atoms with Crippen molar-refractivity contribution in [1.29, 1.82) is 0 Å². The lowest BCUT2D eigenvalue weighted by molar-refractivity contribution is 0.00844. The summed E-state index contributed by atoms with van der Waals surface area (Å²) in [6, 6.07) is 0.355. The summed E-state index contributed by atoms with van der Waals surface area (Å²) in [4.78, 5) is 0. The van der Waals surface area contributed by atoms with Gasteiger partial charge in [0.05, 0.1) is 13.2 Å². The highest BCUT2D eigenvalue weighted by atomic mass is 16.5. The molecule has 1 rings (SSSR count). The molecule has 64 valence electrons. The fourth-order valence-electron chi connectivity index (χ4n) is 1.03. The Bertz CT molecular complexity index is 121. The third-order valence-corrected chi connectivity index (χ3v) is 1.75. The van der Waals surface area contributed by atoms with Crippen LogP contribution >= 0.6 is 0 Å². The Balaban J connectivity index is 2.18. The molecule has 0 saturated carbocycles. The van der Waals surface area contributed by atoms with Crippen LogP contribution < -0.4 is 5.43 Å². The molecule has 0 spiro atoms. The Morgan fingerprint density at radius 2 is 2.18 bits per heavy atom. The third kappa shape index (κ3) is 3.01. The molecule has 1 N–H and O–H groups in total. The number of hydrogen-bond acceptors (Lipinski definition) is 3. The average Bonchev–Trinajstić information content (AvgIpc) is 2.06. The lowest BCUT2D eigenvalue weighted by Gasteiger charge is -2.29. The summed E-state index contributed by atoms with van der Waals surface area (Å²) in [6.07, 6.45) is 1.90. The molecule has 0 aromatic rings. The van der Waals surface area contributed by atoms with E-state index in [1.807, 2.05) is 6.08 Å². The quantitative estimate of drug-likeness (QED) is 0.598. The molecule has 1 saturated heterocycles. The average molecular weight is 156 g/mol. The Morgan fingerprint density at radius 3 is 2.73 bits per heavy atom. The molecule has 1 aliphatic rings. The highest BCUT2D eigenvalue weighted by Gasteiger charge is 2.10. The Labute approximate surface area is 68.0 Å². The van der Waals surface area contributed by atoms with Crippen molar-refractivity contribution in [1.82, 2.24) is 10.4 Å². The molecule has 1 atom stereocenters. The monoisotopic (exact) mass is 156 g/mol. The van der Waals surface area contributed by atoms with Crippen molar-refractivity contribution in [2.24, 2.45) is 0 Å². The van der Waals surface area contributed by atoms with Crippen molar-refractivity contribution in [2.45, 2.75) is 13.0 Å². The van der Waals surface area contributed by atoms with E-state index in [2.05, 4.69) is 23.9 Å². The van der Waals surface area contributed by atoms with Gasteiger partial charge in [-0.2, -0.15) is 0 Å². The van der Waals surface area contributed by atoms with Crippen LogP contribution in [0.3, 0.4) is 0 Å². The van der Waals surface area contributed by atoms with Crippen molar-refractivity contribution in [2.75, 3.05) is 26.3 Å². The first-order chi connectivity index (χ1) is 5.33. The summed E-state index contributed by atoms with van der Waals surface area (Å²) in [5, 5.41) is 2.18. The van der Waals surface area contributed by atoms with Crippen molar-refractivity contribution < 1.29 is 4.74 Å². The second-order valence-corrected chi connectivity index (χ2v) is 2.75. The molecule has 0 aromatic heterocycles. The fraction of sp³-hybridized carbons (Fsp3) is 0.750. The van der Waals surface area contributed by atoms with E-state index >= 15 is 0 Å². The standard InChI is InChI=1S/C8H16N2O/c1-3-8(2)9-10-4-6-11-7-5-10/h3,8-9H,1,4-7H2,2H3. The molecule has 1 unspecified atom stereocenters. The summed E-state index contributed by atoms with van der Waals surface area (Å²) < 4.78 is 5.21. The molecule has 0 aliphatic carbocycles. The van der Waals surface area contributed by atoms with Crippen molar-refractivity contribution in [3.05, 3.63) is 12.7 Å². The molecule has 1 fully saturated rings. The Kier molecular flexibility index (Phi) is 3.56. The van der Waals surface area contributed by atoms with Gasteiger partial charge >= 0.3 is 0 Å². The van der Waals surface area contributed by atoms with Crippen LogP contribution in [0, 0.1) is 0 Å². The smallest absolute Gasteiger partial charge is 0.0608 e. The Morgan fingerprint density at radius 1 is 1.55 bits per heavy atom. The van der Waals surface area contributed by atoms with Gasteiger partial charge in [-0.15, -0.1) is 6.58 Å². The van der Waals surface area contributed by atoms with E-state index in [9.17, 15) is 0 Å². The SMILES string of the molecule is C=CC(C)NN1CCOCC1. The first kappa shape index (κ1) is 8.71. The van der Waals surface area contributed by atoms with E-state index in [4.69, 9.17) is 4.74 Å². The molecule has 3 nitrogen and oxygen atoms in total. The van der Waals surface area contributed by atoms with Gasteiger partial charge in [-0.3, -0.25) is 0 Å². The highest BCUT2D eigenvalue weighted by molar-refractivity contribution is 4.80. The normalized spacial score (nSPS) is 23.0. The van der Waals surface area contributed by atoms with Crippen LogP contribution in [0.25, 0.3) is 0 Å². The molecule has 0 amide bonds. The summed E-state index contributed by atoms with van der Waals surface area (Å²) in [7, 11) is 0. The van der Waals surface area contributed by atoms with Gasteiger partial charge in [0.2, 0.25) is 0 Å². The lowest BCUT2D eigenvalue weighted by atomic mass is 10.3. The van der Waals surface area contributed by atoms with Crippen molar-refractivity contribution in [3.8, 4) is 0 Å². The van der Waals surface area contributed by atoms with Crippen LogP contribution in [-0.2, 0) is 4.74 Å². The maximum Gasteiger partial charge on any atom is 0.0608 e. The molecular formula is C8H16N2O. The summed E-state index contributed by atoms with van der Waals surface area (Å²) in [5.74, 6) is 0.